The van der Waals surface area contributed by atoms with Crippen LogP contribution in [0.25, 0.3) is 5.69 Å². The molecule has 0 spiro atoms. The standard InChI is InChI=1S/C11H12FN3O/c1-8(2)15-11(16)14(7-13-15)10-5-3-9(12)4-6-10/h3-8H,1-2H3. The normalized spacial score (nSPS) is 11.0. The molecule has 2 aromatic rings. The van der Waals surface area contributed by atoms with E-state index in [9.17, 15) is 9.18 Å². The summed E-state index contributed by atoms with van der Waals surface area (Å²) >= 11 is 0. The molecule has 0 saturated heterocycles. The van der Waals surface area contributed by atoms with Gasteiger partial charge in [0.05, 0.1) is 11.7 Å². The SMILES string of the molecule is CC(C)n1ncn(-c2ccc(F)cc2)c1=O. The summed E-state index contributed by atoms with van der Waals surface area (Å²) in [6, 6.07) is 5.73. The summed E-state index contributed by atoms with van der Waals surface area (Å²) in [6.45, 7) is 3.76. The first kappa shape index (κ1) is 10.6. The van der Waals surface area contributed by atoms with E-state index in [1.54, 1.807) is 12.1 Å². The summed E-state index contributed by atoms with van der Waals surface area (Å²) in [4.78, 5) is 11.9. The summed E-state index contributed by atoms with van der Waals surface area (Å²) in [5.41, 5.74) is 0.389. The van der Waals surface area contributed by atoms with Crippen molar-refractivity contribution in [3.8, 4) is 5.69 Å². The van der Waals surface area contributed by atoms with Gasteiger partial charge in [-0.05, 0) is 38.1 Å². The Kier molecular flexibility index (Phi) is 2.60. The lowest BCUT2D eigenvalue weighted by Crippen LogP contribution is -2.25. The second-order valence-electron chi connectivity index (χ2n) is 3.80. The van der Waals surface area contributed by atoms with Crippen LogP contribution in [-0.4, -0.2) is 14.3 Å². The van der Waals surface area contributed by atoms with Crippen LogP contribution >= 0.6 is 0 Å². The van der Waals surface area contributed by atoms with Crippen LogP contribution in [0.4, 0.5) is 4.39 Å². The maximum absolute atomic E-state index is 12.7. The third-order valence-corrected chi connectivity index (χ3v) is 2.29. The number of aromatic nitrogens is 3. The van der Waals surface area contributed by atoms with E-state index in [4.69, 9.17) is 0 Å². The van der Waals surface area contributed by atoms with Crippen molar-refractivity contribution in [2.24, 2.45) is 0 Å². The van der Waals surface area contributed by atoms with Gasteiger partial charge in [0, 0.05) is 0 Å². The molecule has 0 aliphatic carbocycles. The third kappa shape index (κ3) is 1.76. The molecule has 0 aliphatic rings. The minimum absolute atomic E-state index is 0.00852. The van der Waals surface area contributed by atoms with E-state index in [2.05, 4.69) is 5.10 Å². The van der Waals surface area contributed by atoms with Gasteiger partial charge in [-0.2, -0.15) is 5.10 Å². The molecule has 1 heterocycles. The van der Waals surface area contributed by atoms with Crippen LogP contribution in [0.1, 0.15) is 19.9 Å². The molecule has 0 unspecified atom stereocenters. The molecule has 0 amide bonds. The van der Waals surface area contributed by atoms with Crippen molar-refractivity contribution in [3.63, 3.8) is 0 Å². The number of benzene rings is 1. The van der Waals surface area contributed by atoms with E-state index < -0.39 is 0 Å². The molecular formula is C11H12FN3O. The van der Waals surface area contributed by atoms with Crippen LogP contribution in [0.3, 0.4) is 0 Å². The smallest absolute Gasteiger partial charge is 0.250 e. The van der Waals surface area contributed by atoms with Crippen LogP contribution in [0.2, 0.25) is 0 Å². The van der Waals surface area contributed by atoms with Gasteiger partial charge in [0.15, 0.2) is 0 Å². The molecule has 5 heteroatoms. The molecule has 1 aromatic carbocycles. The summed E-state index contributed by atoms with van der Waals surface area (Å²) in [7, 11) is 0. The monoisotopic (exact) mass is 221 g/mol. The predicted octanol–water partition coefficient (Wildman–Crippen LogP) is 1.75. The molecule has 0 radical (unpaired) electrons. The minimum atomic E-state index is -0.326. The van der Waals surface area contributed by atoms with Gasteiger partial charge in [0.2, 0.25) is 0 Å². The zero-order valence-electron chi connectivity index (χ0n) is 9.09. The van der Waals surface area contributed by atoms with Crippen molar-refractivity contribution in [2.75, 3.05) is 0 Å². The summed E-state index contributed by atoms with van der Waals surface area (Å²) < 4.78 is 15.5. The molecule has 0 bridgehead atoms. The van der Waals surface area contributed by atoms with Gasteiger partial charge in [0.1, 0.15) is 12.1 Å². The van der Waals surface area contributed by atoms with Gasteiger partial charge in [-0.3, -0.25) is 0 Å². The van der Waals surface area contributed by atoms with Crippen LogP contribution in [0, 0.1) is 5.82 Å². The zero-order chi connectivity index (χ0) is 11.7. The topological polar surface area (TPSA) is 39.8 Å². The zero-order valence-corrected chi connectivity index (χ0v) is 9.09. The average Bonchev–Trinajstić information content (AvgIpc) is 2.61. The molecule has 0 fully saturated rings. The number of hydrogen-bond donors (Lipinski definition) is 0. The summed E-state index contributed by atoms with van der Waals surface area (Å²) in [6.07, 6.45) is 1.44. The number of hydrogen-bond acceptors (Lipinski definition) is 2. The Morgan fingerprint density at radius 1 is 1.25 bits per heavy atom. The predicted molar refractivity (Wildman–Crippen MR) is 58.2 cm³/mol. The Balaban J connectivity index is 2.49. The van der Waals surface area contributed by atoms with E-state index in [1.807, 2.05) is 13.8 Å². The fourth-order valence-corrected chi connectivity index (χ4v) is 1.45. The largest absolute Gasteiger partial charge is 0.350 e. The van der Waals surface area contributed by atoms with E-state index in [0.29, 0.717) is 5.69 Å². The maximum Gasteiger partial charge on any atom is 0.350 e. The first-order valence-corrected chi connectivity index (χ1v) is 5.01. The Morgan fingerprint density at radius 3 is 2.38 bits per heavy atom. The van der Waals surface area contributed by atoms with Crippen molar-refractivity contribution < 1.29 is 4.39 Å². The third-order valence-electron chi connectivity index (χ3n) is 2.29. The van der Waals surface area contributed by atoms with E-state index >= 15 is 0 Å². The lowest BCUT2D eigenvalue weighted by molar-refractivity contribution is 0.511. The minimum Gasteiger partial charge on any atom is -0.250 e. The van der Waals surface area contributed by atoms with Crippen LogP contribution in [-0.2, 0) is 0 Å². The van der Waals surface area contributed by atoms with Crippen molar-refractivity contribution in [1.82, 2.24) is 14.3 Å². The molecule has 4 nitrogen and oxygen atoms in total. The van der Waals surface area contributed by atoms with Crippen LogP contribution in [0.5, 0.6) is 0 Å². The highest BCUT2D eigenvalue weighted by molar-refractivity contribution is 5.30. The fraction of sp³-hybridized carbons (Fsp3) is 0.273. The number of halogens is 1. The number of rotatable bonds is 2. The van der Waals surface area contributed by atoms with Crippen molar-refractivity contribution >= 4 is 0 Å². The Morgan fingerprint density at radius 2 is 1.88 bits per heavy atom. The highest BCUT2D eigenvalue weighted by atomic mass is 19.1. The molecule has 16 heavy (non-hydrogen) atoms. The molecule has 1 aromatic heterocycles. The van der Waals surface area contributed by atoms with Gasteiger partial charge >= 0.3 is 5.69 Å². The fourth-order valence-electron chi connectivity index (χ4n) is 1.45. The second-order valence-corrected chi connectivity index (χ2v) is 3.80. The Labute approximate surface area is 91.9 Å². The molecule has 0 N–H and O–H groups in total. The van der Waals surface area contributed by atoms with Crippen LogP contribution in [0.15, 0.2) is 35.4 Å². The lowest BCUT2D eigenvalue weighted by Gasteiger charge is -2.02. The van der Waals surface area contributed by atoms with Crippen molar-refractivity contribution in [3.05, 3.63) is 46.9 Å². The Bertz CT molecular complexity index is 539. The van der Waals surface area contributed by atoms with Crippen molar-refractivity contribution in [1.29, 1.82) is 0 Å². The molecule has 0 atom stereocenters. The van der Waals surface area contributed by atoms with Gasteiger partial charge < -0.3 is 0 Å². The van der Waals surface area contributed by atoms with Crippen LogP contribution < -0.4 is 5.69 Å². The van der Waals surface area contributed by atoms with Gasteiger partial charge in [0.25, 0.3) is 0 Å². The van der Waals surface area contributed by atoms with E-state index in [1.165, 1.54) is 27.7 Å². The number of nitrogens with zero attached hydrogens (tertiary/aromatic N) is 3. The van der Waals surface area contributed by atoms with E-state index in [0.717, 1.165) is 0 Å². The second kappa shape index (κ2) is 3.92. The average molecular weight is 221 g/mol. The lowest BCUT2D eigenvalue weighted by atomic mass is 10.3. The highest BCUT2D eigenvalue weighted by Gasteiger charge is 2.08. The first-order chi connectivity index (χ1) is 7.59. The van der Waals surface area contributed by atoms with Gasteiger partial charge in [-0.25, -0.2) is 18.4 Å². The Hall–Kier alpha value is -1.91. The molecule has 0 aliphatic heterocycles. The van der Waals surface area contributed by atoms with Gasteiger partial charge in [-0.15, -0.1) is 0 Å². The molecule has 0 saturated carbocycles. The maximum atomic E-state index is 12.7. The first-order valence-electron chi connectivity index (χ1n) is 5.01. The molecule has 84 valence electrons. The van der Waals surface area contributed by atoms with Gasteiger partial charge in [-0.1, -0.05) is 0 Å². The molecule has 2 rings (SSSR count). The quantitative estimate of drug-likeness (QED) is 0.775. The summed E-state index contributed by atoms with van der Waals surface area (Å²) in [5.74, 6) is -0.326. The van der Waals surface area contributed by atoms with Crippen molar-refractivity contribution in [2.45, 2.75) is 19.9 Å². The summed E-state index contributed by atoms with van der Waals surface area (Å²) in [5, 5.41) is 3.99. The van der Waals surface area contributed by atoms with E-state index in [-0.39, 0.29) is 17.5 Å². The highest BCUT2D eigenvalue weighted by Crippen LogP contribution is 2.06. The molecular weight excluding hydrogens is 209 g/mol.